The molecule has 0 aliphatic rings. The molecule has 0 aliphatic carbocycles. The fraction of sp³-hybridized carbons (Fsp3) is 0.115. The highest BCUT2D eigenvalue weighted by molar-refractivity contribution is 6.09. The average Bonchev–Trinajstić information content (AvgIpc) is 3.75. The first-order valence-electron chi connectivity index (χ1n) is 24.2. The van der Waals surface area contributed by atoms with Crippen LogP contribution in [0.2, 0.25) is 0 Å². The van der Waals surface area contributed by atoms with Gasteiger partial charge in [0, 0.05) is 62.5 Å². The Morgan fingerprint density at radius 2 is 0.947 bits per heavy atom. The Hall–Kier alpha value is -7.16. The molecule has 5 aromatic carbocycles. The number of benzene rings is 5. The van der Waals surface area contributed by atoms with Crippen molar-refractivity contribution >= 4 is 21.9 Å². The largest absolute Gasteiger partial charge is 0.455 e. The van der Waals surface area contributed by atoms with Crippen LogP contribution in [-0.2, 0) is 38.2 Å². The fourth-order valence-corrected chi connectivity index (χ4v) is 6.47. The summed E-state index contributed by atoms with van der Waals surface area (Å²) in [6.07, 6.45) is -14.5. The van der Waals surface area contributed by atoms with E-state index >= 15 is 0 Å². The lowest BCUT2D eigenvalue weighted by molar-refractivity contribution is 0.669. The van der Waals surface area contributed by atoms with Crippen molar-refractivity contribution < 1.29 is 20.9 Å². The van der Waals surface area contributed by atoms with E-state index in [1.54, 1.807) is 42.5 Å². The quantitative estimate of drug-likeness (QED) is 0.124. The zero-order chi connectivity index (χ0) is 49.1. The Balaban J connectivity index is 1.13. The zero-order valence-corrected chi connectivity index (χ0v) is 30.4. The molecule has 9 rings (SSSR count). The van der Waals surface area contributed by atoms with Crippen LogP contribution in [0.4, 0.5) is 0 Å². The first kappa shape index (κ1) is 24.4. The van der Waals surface area contributed by atoms with Gasteiger partial charge in [0.2, 0.25) is 0 Å². The second kappa shape index (κ2) is 16.3. The maximum absolute atomic E-state index is 9.45. The van der Waals surface area contributed by atoms with Gasteiger partial charge >= 0.3 is 0 Å². The normalized spacial score (nSPS) is 15.8. The third-order valence-electron chi connectivity index (χ3n) is 9.32. The molecule has 0 saturated carbocycles. The van der Waals surface area contributed by atoms with Crippen molar-refractivity contribution in [1.82, 2.24) is 15.0 Å². The molecule has 0 amide bonds. The van der Waals surface area contributed by atoms with Crippen LogP contribution in [0.5, 0.6) is 0 Å². The number of furan rings is 1. The summed E-state index contributed by atoms with van der Waals surface area (Å²) in [5.74, 6) is 0. The first-order valence-corrected chi connectivity index (χ1v) is 18.2. The number of nitriles is 1. The molecule has 0 unspecified atom stereocenters. The molecular formula is C52H40N4O. The molecule has 274 valence electrons. The van der Waals surface area contributed by atoms with Crippen molar-refractivity contribution in [2.75, 3.05) is 0 Å². The maximum atomic E-state index is 9.45. The standard InChI is InChI=1S/C52H40N4O/c53-32-42-20-24-45-46-12-7-13-47(52(46)57-51(45)31-42)50-27-23-38(35-56-50)16-19-41-29-39(17-14-36-21-25-48(54-33-36)43-8-3-1-4-9-43)28-40(30-41)18-15-37-22-26-49(55-34-37)44-10-5-2-6-11-44/h1-13,20-31,33-35H,14-19H2/i14D2,15D2,16D2,17D2,18D2,19D2. The summed E-state index contributed by atoms with van der Waals surface area (Å²) in [4.78, 5) is 13.3. The molecule has 0 radical (unpaired) electrons. The van der Waals surface area contributed by atoms with E-state index in [1.807, 2.05) is 66.7 Å². The Labute approximate surface area is 349 Å². The number of fused-ring (bicyclic) bond motifs is 3. The third-order valence-corrected chi connectivity index (χ3v) is 9.32. The van der Waals surface area contributed by atoms with Crippen LogP contribution in [0.25, 0.3) is 55.7 Å². The lowest BCUT2D eigenvalue weighted by atomic mass is 9.94. The van der Waals surface area contributed by atoms with Crippen LogP contribution in [0.1, 0.15) is 55.4 Å². The highest BCUT2D eigenvalue weighted by Gasteiger charge is 2.14. The summed E-state index contributed by atoms with van der Waals surface area (Å²) in [5, 5.41) is 11.0. The minimum Gasteiger partial charge on any atom is -0.455 e. The number of aryl methyl sites for hydroxylation is 6. The molecule has 57 heavy (non-hydrogen) atoms. The molecular weight excluding hydrogens is 697 g/mol. The van der Waals surface area contributed by atoms with Crippen molar-refractivity contribution in [2.24, 2.45) is 0 Å². The predicted octanol–water partition coefficient (Wildman–Crippen LogP) is 12.0. The van der Waals surface area contributed by atoms with E-state index in [0.29, 0.717) is 39.4 Å². The second-order valence-corrected chi connectivity index (χ2v) is 13.2. The summed E-state index contributed by atoms with van der Waals surface area (Å²) in [6, 6.07) is 42.4. The van der Waals surface area contributed by atoms with Gasteiger partial charge in [-0.3, -0.25) is 15.0 Å². The highest BCUT2D eigenvalue weighted by atomic mass is 16.3. The van der Waals surface area contributed by atoms with Crippen LogP contribution >= 0.6 is 0 Å². The Morgan fingerprint density at radius 3 is 1.42 bits per heavy atom. The number of hydrogen-bond acceptors (Lipinski definition) is 5. The number of aromatic nitrogens is 3. The van der Waals surface area contributed by atoms with Gasteiger partial charge in [0.1, 0.15) is 11.2 Å². The number of pyridine rings is 3. The monoisotopic (exact) mass is 748 g/mol. The van der Waals surface area contributed by atoms with E-state index < -0.39 is 54.9 Å². The van der Waals surface area contributed by atoms with Crippen molar-refractivity contribution in [3.63, 3.8) is 0 Å². The van der Waals surface area contributed by atoms with E-state index in [-0.39, 0.29) is 16.7 Å². The summed E-state index contributed by atoms with van der Waals surface area (Å²) in [6.45, 7) is 0. The molecule has 0 atom stereocenters. The van der Waals surface area contributed by atoms with Crippen molar-refractivity contribution in [2.45, 2.75) is 38.2 Å². The van der Waals surface area contributed by atoms with Crippen LogP contribution in [0.15, 0.2) is 175 Å². The predicted molar refractivity (Wildman–Crippen MR) is 230 cm³/mol. The number of nitrogens with zero attached hydrogens (tertiary/aromatic N) is 4. The molecule has 0 aliphatic heterocycles. The minimum atomic E-state index is -3.11. The van der Waals surface area contributed by atoms with Gasteiger partial charge in [-0.25, -0.2) is 0 Å². The van der Waals surface area contributed by atoms with E-state index in [2.05, 4.69) is 21.0 Å². The zero-order valence-electron chi connectivity index (χ0n) is 42.4. The van der Waals surface area contributed by atoms with Gasteiger partial charge in [-0.1, -0.05) is 109 Å². The molecule has 0 fully saturated rings. The molecule has 5 nitrogen and oxygen atoms in total. The molecule has 0 N–H and O–H groups in total. The third kappa shape index (κ3) is 8.12. The Kier molecular flexibility index (Phi) is 6.97. The highest BCUT2D eigenvalue weighted by Crippen LogP contribution is 2.35. The number of para-hydroxylation sites is 1. The molecule has 9 aromatic rings. The molecule has 0 bridgehead atoms. The smallest absolute Gasteiger partial charge is 0.144 e. The first-order chi connectivity index (χ1) is 32.7. The average molecular weight is 749 g/mol. The fourth-order valence-electron chi connectivity index (χ4n) is 6.47. The van der Waals surface area contributed by atoms with Gasteiger partial charge in [0.15, 0.2) is 0 Å². The van der Waals surface area contributed by atoms with Gasteiger partial charge < -0.3 is 4.42 Å². The SMILES string of the molecule is [2H]C([2H])(c1ccc(-c2ccccc2)nc1)C([2H])([2H])c1cc(C([2H])([2H])C([2H])([2H])c2ccc(-c3ccccc3)nc2)cc(C([2H])([2H])C([2H])([2H])c2ccc(-c3cccc4c3oc3cc(C#N)ccc34)nc2)c1. The van der Waals surface area contributed by atoms with Gasteiger partial charge in [-0.05, 0) is 114 Å². The van der Waals surface area contributed by atoms with E-state index in [1.165, 1.54) is 42.9 Å². The van der Waals surface area contributed by atoms with Crippen molar-refractivity contribution in [3.8, 4) is 39.8 Å². The summed E-state index contributed by atoms with van der Waals surface area (Å²) in [5.41, 5.74) is 2.47. The molecule has 4 aromatic heterocycles. The number of hydrogen-bond donors (Lipinski definition) is 0. The summed E-state index contributed by atoms with van der Waals surface area (Å²) in [7, 11) is 0. The Morgan fingerprint density at radius 1 is 0.456 bits per heavy atom. The van der Waals surface area contributed by atoms with Crippen LogP contribution in [0, 0.1) is 11.3 Å². The molecule has 4 heterocycles. The topological polar surface area (TPSA) is 75.6 Å². The van der Waals surface area contributed by atoms with Gasteiger partial charge in [-0.2, -0.15) is 5.26 Å². The molecule has 0 spiro atoms. The van der Waals surface area contributed by atoms with Gasteiger partial charge in [0.25, 0.3) is 0 Å². The van der Waals surface area contributed by atoms with Crippen LogP contribution in [-0.4, -0.2) is 15.0 Å². The summed E-state index contributed by atoms with van der Waals surface area (Å²) < 4.78 is 118. The van der Waals surface area contributed by atoms with Crippen molar-refractivity contribution in [3.05, 3.63) is 209 Å². The van der Waals surface area contributed by atoms with E-state index in [0.717, 1.165) is 40.1 Å². The number of rotatable bonds is 12. The Bertz CT molecular complexity index is 3270. The summed E-state index contributed by atoms with van der Waals surface area (Å²) >= 11 is 0. The van der Waals surface area contributed by atoms with Crippen LogP contribution in [0.3, 0.4) is 0 Å². The molecule has 5 heteroatoms. The maximum Gasteiger partial charge on any atom is 0.144 e. The van der Waals surface area contributed by atoms with Crippen LogP contribution < -0.4 is 0 Å². The van der Waals surface area contributed by atoms with Crippen molar-refractivity contribution in [1.29, 1.82) is 5.26 Å². The van der Waals surface area contributed by atoms with E-state index in [4.69, 9.17) is 4.42 Å². The minimum absolute atomic E-state index is 0.184. The molecule has 0 saturated heterocycles. The second-order valence-electron chi connectivity index (χ2n) is 13.2. The van der Waals surface area contributed by atoms with E-state index in [9.17, 15) is 21.7 Å². The van der Waals surface area contributed by atoms with Gasteiger partial charge in [-0.15, -0.1) is 0 Å². The lowest BCUT2D eigenvalue weighted by Crippen LogP contribution is -2.00. The lowest BCUT2D eigenvalue weighted by Gasteiger charge is -2.12. The van der Waals surface area contributed by atoms with Gasteiger partial charge in [0.05, 0.1) is 28.7 Å².